The molecule has 1 aromatic carbocycles. The maximum Gasteiger partial charge on any atom is 0.224 e. The zero-order valence-electron chi connectivity index (χ0n) is 12.8. The monoisotopic (exact) mass is 296 g/mol. The summed E-state index contributed by atoms with van der Waals surface area (Å²) >= 11 is 0. The second-order valence-corrected chi connectivity index (χ2v) is 5.72. The number of amides is 1. The first-order chi connectivity index (χ1) is 10.7. The Balaban J connectivity index is 1.58. The van der Waals surface area contributed by atoms with E-state index in [0.29, 0.717) is 11.8 Å². The second-order valence-electron chi connectivity index (χ2n) is 5.72. The van der Waals surface area contributed by atoms with Crippen molar-refractivity contribution in [3.05, 3.63) is 59.8 Å². The van der Waals surface area contributed by atoms with E-state index < -0.39 is 0 Å². The van der Waals surface area contributed by atoms with Gasteiger partial charge in [-0.3, -0.25) is 4.79 Å². The minimum absolute atomic E-state index is 0.0528. The predicted octanol–water partition coefficient (Wildman–Crippen LogP) is 3.07. The number of nitrogens with one attached hydrogen (secondary N) is 1. The largest absolute Gasteiger partial charge is 0.481 e. The van der Waals surface area contributed by atoms with Gasteiger partial charge in [0.2, 0.25) is 11.8 Å². The number of carbonyl (C=O) groups excluding carboxylic acids is 1. The molecule has 1 amide bonds. The maximum absolute atomic E-state index is 12.3. The number of ether oxygens (including phenoxy) is 1. The number of nitrogens with zero attached hydrogens (tertiary/aromatic N) is 1. The van der Waals surface area contributed by atoms with Crippen LogP contribution in [-0.4, -0.2) is 18.0 Å². The van der Waals surface area contributed by atoms with Crippen LogP contribution in [0, 0.1) is 5.92 Å². The quantitative estimate of drug-likeness (QED) is 0.922. The van der Waals surface area contributed by atoms with Gasteiger partial charge in [0, 0.05) is 18.2 Å². The van der Waals surface area contributed by atoms with E-state index >= 15 is 0 Å². The van der Waals surface area contributed by atoms with Crippen molar-refractivity contribution in [1.29, 1.82) is 0 Å². The van der Waals surface area contributed by atoms with E-state index in [1.54, 1.807) is 13.3 Å². The normalized spacial score (nSPS) is 21.0. The molecule has 114 valence electrons. The van der Waals surface area contributed by atoms with Crippen molar-refractivity contribution in [2.24, 2.45) is 5.92 Å². The van der Waals surface area contributed by atoms with Crippen LogP contribution in [0.15, 0.2) is 48.7 Å². The van der Waals surface area contributed by atoms with Gasteiger partial charge in [-0.05, 0) is 30.4 Å². The predicted molar refractivity (Wildman–Crippen MR) is 84.6 cm³/mol. The summed E-state index contributed by atoms with van der Waals surface area (Å²) in [6, 6.07) is 13.9. The summed E-state index contributed by atoms with van der Waals surface area (Å²) in [6.07, 6.45) is 2.68. The minimum atomic E-state index is -0.0528. The minimum Gasteiger partial charge on any atom is -0.481 e. The lowest BCUT2D eigenvalue weighted by atomic mass is 10.1. The molecule has 22 heavy (non-hydrogen) atoms. The van der Waals surface area contributed by atoms with Crippen LogP contribution < -0.4 is 10.1 Å². The van der Waals surface area contributed by atoms with E-state index in [0.717, 1.165) is 12.0 Å². The van der Waals surface area contributed by atoms with Gasteiger partial charge in [0.05, 0.1) is 13.2 Å². The van der Waals surface area contributed by atoms with Crippen LogP contribution in [0.4, 0.5) is 0 Å². The molecule has 0 spiro atoms. The van der Waals surface area contributed by atoms with Gasteiger partial charge in [-0.2, -0.15) is 0 Å². The van der Waals surface area contributed by atoms with Gasteiger partial charge in [0.25, 0.3) is 0 Å². The van der Waals surface area contributed by atoms with Gasteiger partial charge in [0.1, 0.15) is 0 Å². The van der Waals surface area contributed by atoms with Crippen LogP contribution in [0.25, 0.3) is 0 Å². The topological polar surface area (TPSA) is 51.2 Å². The molecule has 1 aliphatic rings. The highest BCUT2D eigenvalue weighted by molar-refractivity contribution is 5.83. The first-order valence-corrected chi connectivity index (χ1v) is 7.54. The Morgan fingerprint density at radius 2 is 2.05 bits per heavy atom. The van der Waals surface area contributed by atoms with Gasteiger partial charge in [-0.1, -0.05) is 36.4 Å². The molecule has 1 aliphatic carbocycles. The number of pyridine rings is 1. The lowest BCUT2D eigenvalue weighted by Crippen LogP contribution is -2.28. The van der Waals surface area contributed by atoms with Crippen LogP contribution in [0.2, 0.25) is 0 Å². The molecule has 1 saturated carbocycles. The van der Waals surface area contributed by atoms with Crippen molar-refractivity contribution in [2.75, 3.05) is 7.11 Å². The smallest absolute Gasteiger partial charge is 0.224 e. The molecule has 4 heteroatoms. The average molecular weight is 296 g/mol. The van der Waals surface area contributed by atoms with E-state index in [1.165, 1.54) is 5.56 Å². The number of hydrogen-bond acceptors (Lipinski definition) is 3. The van der Waals surface area contributed by atoms with Gasteiger partial charge in [0.15, 0.2) is 0 Å². The average Bonchev–Trinajstić information content (AvgIpc) is 3.36. The van der Waals surface area contributed by atoms with E-state index in [2.05, 4.69) is 22.4 Å². The van der Waals surface area contributed by atoms with E-state index in [1.807, 2.05) is 37.3 Å². The Labute approximate surface area is 130 Å². The molecule has 2 aromatic rings. The first kappa shape index (κ1) is 14.6. The molecule has 0 saturated heterocycles. The molecule has 3 rings (SSSR count). The molecule has 1 fully saturated rings. The van der Waals surface area contributed by atoms with Crippen LogP contribution >= 0.6 is 0 Å². The third-order valence-electron chi connectivity index (χ3n) is 4.18. The molecular formula is C18H20N2O2. The molecule has 1 aromatic heterocycles. The standard InChI is InChI=1S/C18H20N2O2/c1-12(14-8-9-17(22-2)19-11-14)20-18(21)16-10-15(16)13-6-4-3-5-7-13/h3-9,11-12,15-16H,10H2,1-2H3,(H,20,21)/t12-,15+,16-/m0/s1. The molecule has 3 atom stereocenters. The number of methoxy groups -OCH3 is 1. The Morgan fingerprint density at radius 3 is 2.68 bits per heavy atom. The summed E-state index contributed by atoms with van der Waals surface area (Å²) < 4.78 is 5.04. The Kier molecular flexibility index (Phi) is 4.09. The number of carbonyl (C=O) groups is 1. The van der Waals surface area contributed by atoms with Crippen molar-refractivity contribution in [1.82, 2.24) is 10.3 Å². The molecule has 1 heterocycles. The molecule has 0 radical (unpaired) electrons. The fourth-order valence-electron chi connectivity index (χ4n) is 2.73. The number of rotatable bonds is 5. The van der Waals surface area contributed by atoms with Gasteiger partial charge in [-0.15, -0.1) is 0 Å². The second kappa shape index (κ2) is 6.18. The van der Waals surface area contributed by atoms with Crippen LogP contribution in [0.5, 0.6) is 5.88 Å². The summed E-state index contributed by atoms with van der Waals surface area (Å²) in [5, 5.41) is 3.08. The van der Waals surface area contributed by atoms with Gasteiger partial charge < -0.3 is 10.1 Å². The highest BCUT2D eigenvalue weighted by Crippen LogP contribution is 2.47. The number of benzene rings is 1. The summed E-state index contributed by atoms with van der Waals surface area (Å²) in [6.45, 7) is 1.97. The Hall–Kier alpha value is -2.36. The molecule has 0 bridgehead atoms. The zero-order valence-corrected chi connectivity index (χ0v) is 12.8. The fourth-order valence-corrected chi connectivity index (χ4v) is 2.73. The zero-order chi connectivity index (χ0) is 15.5. The highest BCUT2D eigenvalue weighted by atomic mass is 16.5. The number of aromatic nitrogens is 1. The van der Waals surface area contributed by atoms with Gasteiger partial charge >= 0.3 is 0 Å². The van der Waals surface area contributed by atoms with E-state index in [-0.39, 0.29) is 17.9 Å². The van der Waals surface area contributed by atoms with Crippen molar-refractivity contribution >= 4 is 5.91 Å². The SMILES string of the molecule is COc1ccc([C@H](C)NC(=O)[C@H]2C[C@@H]2c2ccccc2)cn1. The molecule has 0 aliphatic heterocycles. The molecule has 4 nitrogen and oxygen atoms in total. The molecular weight excluding hydrogens is 276 g/mol. The summed E-state index contributed by atoms with van der Waals surface area (Å²) in [7, 11) is 1.59. The highest BCUT2D eigenvalue weighted by Gasteiger charge is 2.44. The van der Waals surface area contributed by atoms with Crippen molar-refractivity contribution in [3.8, 4) is 5.88 Å². The summed E-state index contributed by atoms with van der Waals surface area (Å²) in [4.78, 5) is 16.5. The first-order valence-electron chi connectivity index (χ1n) is 7.54. The maximum atomic E-state index is 12.3. The van der Waals surface area contributed by atoms with Crippen LogP contribution in [0.3, 0.4) is 0 Å². The van der Waals surface area contributed by atoms with Crippen molar-refractivity contribution < 1.29 is 9.53 Å². The van der Waals surface area contributed by atoms with Crippen molar-refractivity contribution in [2.45, 2.75) is 25.3 Å². The van der Waals surface area contributed by atoms with Gasteiger partial charge in [-0.25, -0.2) is 4.98 Å². The van der Waals surface area contributed by atoms with Crippen molar-refractivity contribution in [3.63, 3.8) is 0 Å². The lowest BCUT2D eigenvalue weighted by molar-refractivity contribution is -0.123. The molecule has 1 N–H and O–H groups in total. The van der Waals surface area contributed by atoms with Crippen LogP contribution in [0.1, 0.15) is 36.4 Å². The lowest BCUT2D eigenvalue weighted by Gasteiger charge is -2.14. The number of hydrogen-bond donors (Lipinski definition) is 1. The summed E-state index contributed by atoms with van der Waals surface area (Å²) in [5.74, 6) is 1.16. The van der Waals surface area contributed by atoms with Crippen LogP contribution in [-0.2, 0) is 4.79 Å². The fraction of sp³-hybridized carbons (Fsp3) is 0.333. The van der Waals surface area contributed by atoms with E-state index in [4.69, 9.17) is 4.74 Å². The molecule has 0 unspecified atom stereocenters. The van der Waals surface area contributed by atoms with E-state index in [9.17, 15) is 4.79 Å². The Bertz CT molecular complexity index is 640. The Morgan fingerprint density at radius 1 is 1.27 bits per heavy atom. The third-order valence-corrected chi connectivity index (χ3v) is 4.18. The summed E-state index contributed by atoms with van der Waals surface area (Å²) in [5.41, 5.74) is 2.23. The third kappa shape index (κ3) is 3.11.